The molecule has 1 aliphatic rings. The zero-order valence-electron chi connectivity index (χ0n) is 14.2. The molecule has 1 aromatic heterocycles. The van der Waals surface area contributed by atoms with Crippen molar-refractivity contribution in [1.82, 2.24) is 5.32 Å². The van der Waals surface area contributed by atoms with Gasteiger partial charge in [0.25, 0.3) is 5.91 Å². The molecule has 5 nitrogen and oxygen atoms in total. The standard InChI is InChI=1S/C18H25NO4S/c1-12-6-3-4-7-14(12)19-18(22)13(2)23-17(21)10-9-15(20)16-8-5-11-24-16/h5,8,11-14H,3-4,6-7,9-10H2,1-2H3,(H,19,22)/t12-,13-,14+/m1/s1. The Kier molecular flexibility index (Phi) is 6.97. The molecule has 0 saturated heterocycles. The summed E-state index contributed by atoms with van der Waals surface area (Å²) in [5.74, 6) is -0.393. The summed E-state index contributed by atoms with van der Waals surface area (Å²) >= 11 is 1.36. The molecule has 0 unspecified atom stereocenters. The summed E-state index contributed by atoms with van der Waals surface area (Å²) in [6.45, 7) is 3.71. The van der Waals surface area contributed by atoms with Crippen molar-refractivity contribution >= 4 is 29.0 Å². The highest BCUT2D eigenvalue weighted by Crippen LogP contribution is 2.23. The number of hydrogen-bond acceptors (Lipinski definition) is 5. The molecule has 1 N–H and O–H groups in total. The van der Waals surface area contributed by atoms with Crippen molar-refractivity contribution in [1.29, 1.82) is 0 Å². The summed E-state index contributed by atoms with van der Waals surface area (Å²) in [7, 11) is 0. The van der Waals surface area contributed by atoms with E-state index >= 15 is 0 Å². The molecule has 1 fully saturated rings. The molecule has 1 aromatic rings. The van der Waals surface area contributed by atoms with E-state index < -0.39 is 12.1 Å². The number of nitrogens with one attached hydrogen (secondary N) is 1. The molecule has 6 heteroatoms. The Labute approximate surface area is 146 Å². The minimum absolute atomic E-state index is 0.00577. The van der Waals surface area contributed by atoms with E-state index in [0.29, 0.717) is 10.8 Å². The lowest BCUT2D eigenvalue weighted by Crippen LogP contribution is -2.46. The summed E-state index contributed by atoms with van der Waals surface area (Å²) in [4.78, 5) is 36.5. The zero-order chi connectivity index (χ0) is 17.5. The Hall–Kier alpha value is -1.69. The molecular weight excluding hydrogens is 326 g/mol. The van der Waals surface area contributed by atoms with Gasteiger partial charge < -0.3 is 10.1 Å². The number of carbonyl (C=O) groups is 3. The van der Waals surface area contributed by atoms with Gasteiger partial charge >= 0.3 is 5.97 Å². The van der Waals surface area contributed by atoms with Gasteiger partial charge in [-0.05, 0) is 37.1 Å². The van der Waals surface area contributed by atoms with Gasteiger partial charge in [0, 0.05) is 12.5 Å². The zero-order valence-corrected chi connectivity index (χ0v) is 15.1. The Balaban J connectivity index is 1.72. The quantitative estimate of drug-likeness (QED) is 0.604. The molecule has 2 rings (SSSR count). The summed E-state index contributed by atoms with van der Waals surface area (Å²) < 4.78 is 5.16. The van der Waals surface area contributed by atoms with Crippen LogP contribution in [-0.2, 0) is 14.3 Å². The second kappa shape index (κ2) is 8.97. The van der Waals surface area contributed by atoms with Gasteiger partial charge in [-0.25, -0.2) is 0 Å². The first-order valence-corrected chi connectivity index (χ1v) is 9.42. The van der Waals surface area contributed by atoms with Crippen molar-refractivity contribution in [3.8, 4) is 0 Å². The van der Waals surface area contributed by atoms with Crippen LogP contribution in [0, 0.1) is 5.92 Å². The molecule has 0 aromatic carbocycles. The molecule has 1 aliphatic carbocycles. The first-order valence-electron chi connectivity index (χ1n) is 8.54. The first-order chi connectivity index (χ1) is 11.5. The van der Waals surface area contributed by atoms with E-state index in [2.05, 4.69) is 12.2 Å². The Bertz CT molecular complexity index is 570. The van der Waals surface area contributed by atoms with Gasteiger partial charge in [-0.2, -0.15) is 0 Å². The highest BCUT2D eigenvalue weighted by molar-refractivity contribution is 7.12. The third-order valence-corrected chi connectivity index (χ3v) is 5.38. The summed E-state index contributed by atoms with van der Waals surface area (Å²) in [6, 6.07) is 3.70. The number of carbonyl (C=O) groups excluding carboxylic acids is 3. The molecular formula is C18H25NO4S. The van der Waals surface area contributed by atoms with Gasteiger partial charge in [-0.1, -0.05) is 25.8 Å². The fourth-order valence-electron chi connectivity index (χ4n) is 2.92. The lowest BCUT2D eigenvalue weighted by atomic mass is 9.86. The summed E-state index contributed by atoms with van der Waals surface area (Å²) in [6.07, 6.45) is 3.68. The van der Waals surface area contributed by atoms with E-state index in [0.717, 1.165) is 19.3 Å². The lowest BCUT2D eigenvalue weighted by molar-refractivity contribution is -0.155. The van der Waals surface area contributed by atoms with Crippen LogP contribution in [-0.4, -0.2) is 29.8 Å². The van der Waals surface area contributed by atoms with Gasteiger partial charge in [0.1, 0.15) is 0 Å². The minimum Gasteiger partial charge on any atom is -0.453 e. The van der Waals surface area contributed by atoms with Crippen molar-refractivity contribution in [3.63, 3.8) is 0 Å². The van der Waals surface area contributed by atoms with E-state index in [-0.39, 0.29) is 30.6 Å². The van der Waals surface area contributed by atoms with Crippen molar-refractivity contribution in [2.24, 2.45) is 5.92 Å². The van der Waals surface area contributed by atoms with Crippen LogP contribution in [0.15, 0.2) is 17.5 Å². The van der Waals surface area contributed by atoms with E-state index in [1.54, 1.807) is 19.1 Å². The predicted molar refractivity (Wildman–Crippen MR) is 93.0 cm³/mol. The second-order valence-corrected chi connectivity index (χ2v) is 7.36. The van der Waals surface area contributed by atoms with E-state index in [4.69, 9.17) is 4.74 Å². The first kappa shape index (κ1) is 18.6. The fourth-order valence-corrected chi connectivity index (χ4v) is 3.61. The molecule has 1 heterocycles. The monoisotopic (exact) mass is 351 g/mol. The number of Topliss-reactive ketones (excluding diaryl/α,β-unsaturated/α-hetero) is 1. The Morgan fingerprint density at radius 3 is 2.71 bits per heavy atom. The number of ketones is 1. The van der Waals surface area contributed by atoms with E-state index in [1.165, 1.54) is 17.8 Å². The van der Waals surface area contributed by atoms with Crippen molar-refractivity contribution in [3.05, 3.63) is 22.4 Å². The number of ether oxygens (including phenoxy) is 1. The van der Waals surface area contributed by atoms with Gasteiger partial charge in [-0.15, -0.1) is 11.3 Å². The fraction of sp³-hybridized carbons (Fsp3) is 0.611. The lowest BCUT2D eigenvalue weighted by Gasteiger charge is -2.30. The van der Waals surface area contributed by atoms with Gasteiger partial charge in [0.2, 0.25) is 0 Å². The van der Waals surface area contributed by atoms with Gasteiger partial charge in [-0.3, -0.25) is 14.4 Å². The van der Waals surface area contributed by atoms with Crippen LogP contribution in [0.4, 0.5) is 0 Å². The molecule has 0 bridgehead atoms. The van der Waals surface area contributed by atoms with Crippen LogP contribution in [0.3, 0.4) is 0 Å². The number of esters is 1. The largest absolute Gasteiger partial charge is 0.453 e. The van der Waals surface area contributed by atoms with Crippen LogP contribution in [0.5, 0.6) is 0 Å². The molecule has 132 valence electrons. The minimum atomic E-state index is -0.830. The maximum atomic E-state index is 12.2. The third-order valence-electron chi connectivity index (χ3n) is 4.47. The Morgan fingerprint density at radius 1 is 1.29 bits per heavy atom. The van der Waals surface area contributed by atoms with Crippen molar-refractivity contribution < 1.29 is 19.1 Å². The average molecular weight is 351 g/mol. The molecule has 24 heavy (non-hydrogen) atoms. The van der Waals surface area contributed by atoms with Gasteiger partial charge in [0.15, 0.2) is 11.9 Å². The van der Waals surface area contributed by atoms with Crippen LogP contribution < -0.4 is 5.32 Å². The third kappa shape index (κ3) is 5.44. The smallest absolute Gasteiger partial charge is 0.307 e. The van der Waals surface area contributed by atoms with Crippen molar-refractivity contribution in [2.75, 3.05) is 0 Å². The van der Waals surface area contributed by atoms with Crippen molar-refractivity contribution in [2.45, 2.75) is 64.5 Å². The van der Waals surface area contributed by atoms with E-state index in [9.17, 15) is 14.4 Å². The summed E-state index contributed by atoms with van der Waals surface area (Å²) in [5.41, 5.74) is 0. The maximum Gasteiger partial charge on any atom is 0.307 e. The molecule has 0 aliphatic heterocycles. The van der Waals surface area contributed by atoms with Crippen LogP contribution in [0.25, 0.3) is 0 Å². The maximum absolute atomic E-state index is 12.2. The topological polar surface area (TPSA) is 72.5 Å². The van der Waals surface area contributed by atoms with Gasteiger partial charge in [0.05, 0.1) is 11.3 Å². The molecule has 1 amide bonds. The summed E-state index contributed by atoms with van der Waals surface area (Å²) in [5, 5.41) is 4.80. The highest BCUT2D eigenvalue weighted by atomic mass is 32.1. The molecule has 0 radical (unpaired) electrons. The Morgan fingerprint density at radius 2 is 2.04 bits per heavy atom. The average Bonchev–Trinajstić information content (AvgIpc) is 3.09. The SMILES string of the molecule is C[C@@H]1CCCC[C@@H]1NC(=O)[C@@H](C)OC(=O)CCC(=O)c1cccs1. The predicted octanol–water partition coefficient (Wildman–Crippen LogP) is 3.34. The van der Waals surface area contributed by atoms with E-state index in [1.807, 2.05) is 5.38 Å². The number of thiophene rings is 1. The number of hydrogen-bond donors (Lipinski definition) is 1. The molecule has 1 saturated carbocycles. The number of rotatable bonds is 7. The molecule has 3 atom stereocenters. The van der Waals surface area contributed by atoms with Crippen LogP contribution >= 0.6 is 11.3 Å². The van der Waals surface area contributed by atoms with Crippen LogP contribution in [0.1, 0.15) is 62.0 Å². The second-order valence-electron chi connectivity index (χ2n) is 6.41. The number of amides is 1. The highest BCUT2D eigenvalue weighted by Gasteiger charge is 2.26. The molecule has 0 spiro atoms. The van der Waals surface area contributed by atoms with Crippen LogP contribution in [0.2, 0.25) is 0 Å². The normalized spacial score (nSPS) is 21.8.